The van der Waals surface area contributed by atoms with Gasteiger partial charge < -0.3 is 15.4 Å². The van der Waals surface area contributed by atoms with E-state index in [0.717, 1.165) is 18.5 Å². The number of nitrogen functional groups attached to an aromatic ring is 1. The number of hydrogen-bond acceptors (Lipinski definition) is 5. The molecule has 2 aromatic heterocycles. The molecule has 2 heterocycles. The molecule has 4 rings (SSSR count). The zero-order valence-electron chi connectivity index (χ0n) is 10.9. The molecule has 0 spiro atoms. The minimum absolute atomic E-state index is 0.183. The molecule has 106 valence electrons. The zero-order chi connectivity index (χ0) is 13.9. The fourth-order valence-electron chi connectivity index (χ4n) is 4.12. The second kappa shape index (κ2) is 4.30. The number of aromatic nitrogens is 4. The van der Waals surface area contributed by atoms with Crippen molar-refractivity contribution in [2.24, 2.45) is 17.8 Å². The van der Waals surface area contributed by atoms with Gasteiger partial charge in [-0.1, -0.05) is 0 Å². The van der Waals surface area contributed by atoms with Crippen LogP contribution in [0, 0.1) is 17.8 Å². The lowest BCUT2D eigenvalue weighted by molar-refractivity contribution is 0.185. The molecule has 0 amide bonds. The van der Waals surface area contributed by atoms with Gasteiger partial charge in [0.25, 0.3) is 0 Å². The minimum Gasteiger partial charge on any atom is -0.396 e. The van der Waals surface area contributed by atoms with Crippen LogP contribution in [-0.2, 0) is 0 Å². The number of halogens is 1. The van der Waals surface area contributed by atoms with Crippen molar-refractivity contribution in [3.8, 4) is 0 Å². The van der Waals surface area contributed by atoms with Crippen LogP contribution < -0.4 is 5.73 Å². The van der Waals surface area contributed by atoms with Crippen molar-refractivity contribution in [3.63, 3.8) is 0 Å². The molecule has 2 fully saturated rings. The summed E-state index contributed by atoms with van der Waals surface area (Å²) in [5, 5.41) is 9.79. The summed E-state index contributed by atoms with van der Waals surface area (Å²) in [7, 11) is 0. The summed E-state index contributed by atoms with van der Waals surface area (Å²) >= 11 is 6.37. The molecule has 0 aromatic carbocycles. The van der Waals surface area contributed by atoms with Gasteiger partial charge in [-0.25, -0.2) is 15.0 Å². The molecule has 2 aliphatic rings. The van der Waals surface area contributed by atoms with E-state index in [4.69, 9.17) is 17.3 Å². The molecular formula is C13H16ClN5O. The van der Waals surface area contributed by atoms with Crippen LogP contribution in [0.15, 0.2) is 12.7 Å². The van der Waals surface area contributed by atoms with Gasteiger partial charge in [-0.2, -0.15) is 0 Å². The molecule has 6 nitrogen and oxygen atoms in total. The SMILES string of the molecule is Nc1ncnc2c1ncn2[C@H]1C[C@H]2[C@H](CO)[C@@H]1C[C@@H]2Cl. The standard InChI is InChI=1S/C13H16ClN5O/c14-9-1-7-8(3-20)6(9)2-10(7)19-5-18-11-12(15)16-4-17-13(11)19/h4-10,20H,1-3H2,(H2,15,16,17)/t6-,7-,8-,9-,10-/m0/s1. The van der Waals surface area contributed by atoms with Crippen molar-refractivity contribution < 1.29 is 5.11 Å². The van der Waals surface area contributed by atoms with E-state index >= 15 is 0 Å². The zero-order valence-corrected chi connectivity index (χ0v) is 11.6. The van der Waals surface area contributed by atoms with E-state index in [1.54, 1.807) is 6.33 Å². The van der Waals surface area contributed by atoms with E-state index in [1.807, 2.05) is 0 Å². The smallest absolute Gasteiger partial charge is 0.165 e. The molecule has 5 atom stereocenters. The molecular weight excluding hydrogens is 278 g/mol. The fourth-order valence-corrected chi connectivity index (χ4v) is 4.61. The van der Waals surface area contributed by atoms with Crippen LogP contribution in [0.3, 0.4) is 0 Å². The number of fused-ring (bicyclic) bond motifs is 3. The van der Waals surface area contributed by atoms with Gasteiger partial charge in [-0.15, -0.1) is 11.6 Å². The highest BCUT2D eigenvalue weighted by atomic mass is 35.5. The lowest BCUT2D eigenvalue weighted by atomic mass is 9.94. The van der Waals surface area contributed by atoms with Crippen molar-refractivity contribution in [2.75, 3.05) is 12.3 Å². The van der Waals surface area contributed by atoms with Crippen molar-refractivity contribution >= 4 is 28.6 Å². The highest BCUT2D eigenvalue weighted by molar-refractivity contribution is 6.21. The van der Waals surface area contributed by atoms with Crippen LogP contribution in [0.1, 0.15) is 18.9 Å². The van der Waals surface area contributed by atoms with E-state index in [1.165, 1.54) is 6.33 Å². The molecule has 0 saturated heterocycles. The van der Waals surface area contributed by atoms with Gasteiger partial charge in [-0.3, -0.25) is 0 Å². The monoisotopic (exact) mass is 293 g/mol. The maximum absolute atomic E-state index is 9.61. The molecule has 0 radical (unpaired) electrons. The third kappa shape index (κ3) is 1.52. The Labute approximate surface area is 121 Å². The van der Waals surface area contributed by atoms with Crippen LogP contribution in [0.2, 0.25) is 0 Å². The van der Waals surface area contributed by atoms with Gasteiger partial charge in [0.05, 0.1) is 6.33 Å². The summed E-state index contributed by atoms with van der Waals surface area (Å²) in [6.45, 7) is 0.207. The summed E-state index contributed by atoms with van der Waals surface area (Å²) in [6.07, 6.45) is 5.18. The summed E-state index contributed by atoms with van der Waals surface area (Å²) in [6, 6.07) is 0.298. The summed E-state index contributed by atoms with van der Waals surface area (Å²) < 4.78 is 2.09. The second-order valence-electron chi connectivity index (χ2n) is 5.81. The lowest BCUT2D eigenvalue weighted by Crippen LogP contribution is -2.21. The summed E-state index contributed by atoms with van der Waals surface area (Å²) in [4.78, 5) is 12.6. The maximum atomic E-state index is 9.61. The average Bonchev–Trinajstić information content (AvgIpc) is 3.08. The van der Waals surface area contributed by atoms with Crippen LogP contribution in [0.4, 0.5) is 5.82 Å². The van der Waals surface area contributed by atoms with Gasteiger partial charge in [-0.05, 0) is 30.6 Å². The number of imidazole rings is 1. The quantitative estimate of drug-likeness (QED) is 0.812. The summed E-state index contributed by atoms with van der Waals surface area (Å²) in [5.74, 6) is 1.47. The number of nitrogens with two attached hydrogens (primary N) is 1. The van der Waals surface area contributed by atoms with Crippen molar-refractivity contribution in [1.82, 2.24) is 19.5 Å². The van der Waals surface area contributed by atoms with Crippen molar-refractivity contribution in [2.45, 2.75) is 24.3 Å². The van der Waals surface area contributed by atoms with Gasteiger partial charge in [0.1, 0.15) is 11.8 Å². The Morgan fingerprint density at radius 1 is 1.30 bits per heavy atom. The van der Waals surface area contributed by atoms with E-state index in [2.05, 4.69) is 19.5 Å². The Morgan fingerprint density at radius 2 is 2.15 bits per heavy atom. The number of rotatable bonds is 2. The van der Waals surface area contributed by atoms with E-state index in [9.17, 15) is 5.11 Å². The van der Waals surface area contributed by atoms with Crippen molar-refractivity contribution in [1.29, 1.82) is 0 Å². The number of nitrogens with zero attached hydrogens (tertiary/aromatic N) is 4. The summed E-state index contributed by atoms with van der Waals surface area (Å²) in [5.41, 5.74) is 7.26. The predicted molar refractivity (Wildman–Crippen MR) is 75.2 cm³/mol. The maximum Gasteiger partial charge on any atom is 0.165 e. The van der Waals surface area contributed by atoms with Gasteiger partial charge in [0, 0.05) is 18.0 Å². The molecule has 2 aromatic rings. The minimum atomic E-state index is 0.183. The largest absolute Gasteiger partial charge is 0.396 e. The fraction of sp³-hybridized carbons (Fsp3) is 0.615. The van der Waals surface area contributed by atoms with E-state index in [0.29, 0.717) is 35.1 Å². The van der Waals surface area contributed by atoms with Gasteiger partial charge in [0.15, 0.2) is 11.5 Å². The molecule has 3 N–H and O–H groups in total. The van der Waals surface area contributed by atoms with Gasteiger partial charge >= 0.3 is 0 Å². The molecule has 20 heavy (non-hydrogen) atoms. The second-order valence-corrected chi connectivity index (χ2v) is 6.37. The number of anilines is 1. The van der Waals surface area contributed by atoms with Gasteiger partial charge in [0.2, 0.25) is 0 Å². The molecule has 2 saturated carbocycles. The Hall–Kier alpha value is -1.40. The van der Waals surface area contributed by atoms with Crippen LogP contribution >= 0.6 is 11.6 Å². The third-order valence-corrected chi connectivity index (χ3v) is 5.53. The Morgan fingerprint density at radius 3 is 2.90 bits per heavy atom. The van der Waals surface area contributed by atoms with E-state index in [-0.39, 0.29) is 12.0 Å². The number of alkyl halides is 1. The van der Waals surface area contributed by atoms with E-state index < -0.39 is 0 Å². The first kappa shape index (κ1) is 12.3. The van der Waals surface area contributed by atoms with Crippen LogP contribution in [0.25, 0.3) is 11.2 Å². The first-order valence-corrected chi connectivity index (χ1v) is 7.32. The normalized spacial score (nSPS) is 36.0. The number of aliphatic hydroxyl groups is 1. The molecule has 0 unspecified atom stereocenters. The molecule has 7 heteroatoms. The molecule has 2 aliphatic carbocycles. The predicted octanol–water partition coefficient (Wildman–Crippen LogP) is 1.21. The Balaban J connectivity index is 1.77. The third-order valence-electron chi connectivity index (χ3n) is 5.02. The highest BCUT2D eigenvalue weighted by Crippen LogP contribution is 2.56. The Bertz CT molecular complexity index is 659. The molecule has 2 bridgehead atoms. The Kier molecular flexibility index (Phi) is 2.65. The topological polar surface area (TPSA) is 89.9 Å². The first-order valence-electron chi connectivity index (χ1n) is 6.88. The number of hydrogen-bond donors (Lipinski definition) is 2. The molecule has 0 aliphatic heterocycles. The highest BCUT2D eigenvalue weighted by Gasteiger charge is 2.53. The van der Waals surface area contributed by atoms with Crippen molar-refractivity contribution in [3.05, 3.63) is 12.7 Å². The van der Waals surface area contributed by atoms with Crippen LogP contribution in [0.5, 0.6) is 0 Å². The first-order chi connectivity index (χ1) is 9.70. The average molecular weight is 294 g/mol. The number of aliphatic hydroxyl groups excluding tert-OH is 1. The van der Waals surface area contributed by atoms with Crippen LogP contribution in [-0.4, -0.2) is 36.6 Å². The lowest BCUT2D eigenvalue weighted by Gasteiger charge is -2.25.